The van der Waals surface area contributed by atoms with Crippen LogP contribution in [0.1, 0.15) is 18.1 Å². The summed E-state index contributed by atoms with van der Waals surface area (Å²) in [5, 5.41) is 21.6. The van der Waals surface area contributed by atoms with Crippen LogP contribution in [0.4, 0.5) is 10.1 Å². The van der Waals surface area contributed by atoms with Gasteiger partial charge in [0.1, 0.15) is 5.82 Å². The number of hydrogen-bond acceptors (Lipinski definition) is 6. The standard InChI is InChI=1S/C18H15FN4O3S/c1-11(12-6-8-14(19)9-7-12)21-22-18-20-17(24)16(27-18)10-13-4-2-3-5-15(13)23(25)26/h2-9,16H,10H2,1H3,(H,20,22,24)/b21-11+/t16-/m1/s1. The number of amides is 1. The van der Waals surface area contributed by atoms with Crippen LogP contribution in [0, 0.1) is 15.9 Å². The Morgan fingerprint density at radius 3 is 2.67 bits per heavy atom. The fourth-order valence-electron chi connectivity index (χ4n) is 2.52. The molecule has 9 heteroatoms. The average molecular weight is 386 g/mol. The van der Waals surface area contributed by atoms with Gasteiger partial charge in [-0.2, -0.15) is 5.10 Å². The molecule has 1 saturated heterocycles. The van der Waals surface area contributed by atoms with Crippen LogP contribution in [0.25, 0.3) is 0 Å². The van der Waals surface area contributed by atoms with Gasteiger partial charge in [-0.15, -0.1) is 5.10 Å². The monoisotopic (exact) mass is 386 g/mol. The van der Waals surface area contributed by atoms with E-state index in [-0.39, 0.29) is 23.8 Å². The second kappa shape index (κ2) is 8.09. The van der Waals surface area contributed by atoms with Gasteiger partial charge in [-0.1, -0.05) is 42.1 Å². The zero-order valence-corrected chi connectivity index (χ0v) is 15.1. The minimum Gasteiger partial charge on any atom is -0.303 e. The molecular formula is C18H15FN4O3S. The van der Waals surface area contributed by atoms with E-state index in [4.69, 9.17) is 0 Å². The first-order valence-corrected chi connectivity index (χ1v) is 8.90. The maximum Gasteiger partial charge on any atom is 0.272 e. The highest BCUT2D eigenvalue weighted by Gasteiger charge is 2.32. The number of nitro groups is 1. The molecule has 1 amide bonds. The number of amidine groups is 1. The molecule has 1 aliphatic rings. The third kappa shape index (κ3) is 4.56. The molecule has 1 fully saturated rings. The van der Waals surface area contributed by atoms with Gasteiger partial charge in [0.05, 0.1) is 15.9 Å². The first kappa shape index (κ1) is 18.7. The molecule has 0 saturated carbocycles. The first-order valence-electron chi connectivity index (χ1n) is 8.02. The Labute approximate surface area is 158 Å². The van der Waals surface area contributed by atoms with Crippen LogP contribution in [-0.2, 0) is 11.2 Å². The third-order valence-electron chi connectivity index (χ3n) is 3.92. The molecule has 2 aromatic rings. The highest BCUT2D eigenvalue weighted by atomic mass is 32.2. The lowest BCUT2D eigenvalue weighted by Gasteiger charge is -2.05. The van der Waals surface area contributed by atoms with Crippen LogP contribution in [0.3, 0.4) is 0 Å². The van der Waals surface area contributed by atoms with Crippen molar-refractivity contribution in [2.24, 2.45) is 10.2 Å². The van der Waals surface area contributed by atoms with Crippen molar-refractivity contribution < 1.29 is 14.1 Å². The van der Waals surface area contributed by atoms with Crippen molar-refractivity contribution in [1.29, 1.82) is 0 Å². The van der Waals surface area contributed by atoms with Crippen LogP contribution in [0.2, 0.25) is 0 Å². The van der Waals surface area contributed by atoms with E-state index >= 15 is 0 Å². The van der Waals surface area contributed by atoms with Gasteiger partial charge in [0.25, 0.3) is 5.69 Å². The molecule has 0 spiro atoms. The highest BCUT2D eigenvalue weighted by Crippen LogP contribution is 2.27. The third-order valence-corrected chi connectivity index (χ3v) is 5.00. The molecule has 1 atom stereocenters. The number of nitrogens with zero attached hydrogens (tertiary/aromatic N) is 3. The molecule has 0 unspecified atom stereocenters. The molecule has 0 aromatic heterocycles. The fourth-order valence-corrected chi connectivity index (χ4v) is 3.46. The molecule has 0 radical (unpaired) electrons. The van der Waals surface area contributed by atoms with Crippen LogP contribution in [0.15, 0.2) is 58.7 Å². The van der Waals surface area contributed by atoms with Crippen LogP contribution in [-0.4, -0.2) is 27.0 Å². The molecule has 1 N–H and O–H groups in total. The Morgan fingerprint density at radius 1 is 1.26 bits per heavy atom. The molecule has 0 bridgehead atoms. The molecule has 138 valence electrons. The summed E-state index contributed by atoms with van der Waals surface area (Å²) in [6.45, 7) is 1.73. The lowest BCUT2D eigenvalue weighted by Crippen LogP contribution is -2.26. The van der Waals surface area contributed by atoms with Crippen LogP contribution >= 0.6 is 11.8 Å². The summed E-state index contributed by atoms with van der Waals surface area (Å²) in [5.74, 6) is -0.610. The lowest BCUT2D eigenvalue weighted by atomic mass is 10.1. The molecule has 2 aromatic carbocycles. The van der Waals surface area contributed by atoms with Gasteiger partial charge < -0.3 is 5.32 Å². The number of rotatable bonds is 5. The van der Waals surface area contributed by atoms with Gasteiger partial charge >= 0.3 is 0 Å². The summed E-state index contributed by atoms with van der Waals surface area (Å²) < 4.78 is 13.0. The number of thioether (sulfide) groups is 1. The lowest BCUT2D eigenvalue weighted by molar-refractivity contribution is -0.385. The summed E-state index contributed by atoms with van der Waals surface area (Å²) in [5.41, 5.74) is 1.76. The second-order valence-electron chi connectivity index (χ2n) is 5.78. The number of para-hydroxylation sites is 1. The fraction of sp³-hybridized carbons (Fsp3) is 0.167. The van der Waals surface area contributed by atoms with Crippen molar-refractivity contribution in [2.75, 3.05) is 0 Å². The zero-order valence-electron chi connectivity index (χ0n) is 14.3. The predicted molar refractivity (Wildman–Crippen MR) is 102 cm³/mol. The summed E-state index contributed by atoms with van der Waals surface area (Å²) in [6, 6.07) is 12.2. The number of hydrogen-bond donors (Lipinski definition) is 1. The van der Waals surface area contributed by atoms with E-state index in [0.717, 1.165) is 0 Å². The van der Waals surface area contributed by atoms with Gasteiger partial charge in [0.2, 0.25) is 5.91 Å². The van der Waals surface area contributed by atoms with Crippen molar-refractivity contribution in [2.45, 2.75) is 18.6 Å². The van der Waals surface area contributed by atoms with Gasteiger partial charge in [-0.3, -0.25) is 14.9 Å². The SMILES string of the molecule is C/C(=N\N=C1/NC(=O)[C@@H](Cc2ccccc2[N+](=O)[O-])S1)c1ccc(F)cc1. The summed E-state index contributed by atoms with van der Waals surface area (Å²) >= 11 is 1.17. The van der Waals surface area contributed by atoms with Gasteiger partial charge in [0, 0.05) is 18.1 Å². The Morgan fingerprint density at radius 2 is 1.96 bits per heavy atom. The Balaban J connectivity index is 1.72. The van der Waals surface area contributed by atoms with E-state index < -0.39 is 10.2 Å². The normalized spacial score (nSPS) is 18.6. The minimum absolute atomic E-state index is 0.0125. The first-order chi connectivity index (χ1) is 12.9. The quantitative estimate of drug-likeness (QED) is 0.484. The summed E-state index contributed by atoms with van der Waals surface area (Å²) in [7, 11) is 0. The van der Waals surface area contributed by atoms with Gasteiger partial charge in [-0.25, -0.2) is 4.39 Å². The van der Waals surface area contributed by atoms with E-state index in [9.17, 15) is 19.3 Å². The topological polar surface area (TPSA) is 97.0 Å². The van der Waals surface area contributed by atoms with Crippen molar-refractivity contribution in [3.8, 4) is 0 Å². The van der Waals surface area contributed by atoms with E-state index in [1.807, 2.05) is 0 Å². The number of benzene rings is 2. The summed E-state index contributed by atoms with van der Waals surface area (Å²) in [6.07, 6.45) is 0.216. The van der Waals surface area contributed by atoms with Crippen LogP contribution in [0.5, 0.6) is 0 Å². The van der Waals surface area contributed by atoms with E-state index in [2.05, 4.69) is 15.5 Å². The van der Waals surface area contributed by atoms with Crippen molar-refractivity contribution in [1.82, 2.24) is 5.32 Å². The number of nitrogens with one attached hydrogen (secondary N) is 1. The number of carbonyl (C=O) groups is 1. The van der Waals surface area contributed by atoms with Gasteiger partial charge in [0.15, 0.2) is 5.17 Å². The van der Waals surface area contributed by atoms with Crippen molar-refractivity contribution in [3.05, 3.63) is 75.6 Å². The molecule has 0 aliphatic carbocycles. The zero-order chi connectivity index (χ0) is 19.4. The molecular weight excluding hydrogens is 371 g/mol. The van der Waals surface area contributed by atoms with Crippen molar-refractivity contribution in [3.63, 3.8) is 0 Å². The minimum atomic E-state index is -0.522. The van der Waals surface area contributed by atoms with Crippen molar-refractivity contribution >= 4 is 34.2 Å². The molecule has 27 heavy (non-hydrogen) atoms. The van der Waals surface area contributed by atoms with Crippen LogP contribution < -0.4 is 5.32 Å². The predicted octanol–water partition coefficient (Wildman–Crippen LogP) is 3.29. The maximum absolute atomic E-state index is 13.0. The van der Waals surface area contributed by atoms with E-state index in [1.54, 1.807) is 37.3 Å². The van der Waals surface area contributed by atoms with E-state index in [0.29, 0.717) is 22.0 Å². The second-order valence-corrected chi connectivity index (χ2v) is 6.97. The average Bonchev–Trinajstić information content (AvgIpc) is 3.00. The number of halogens is 1. The molecule has 3 rings (SSSR count). The molecule has 7 nitrogen and oxygen atoms in total. The van der Waals surface area contributed by atoms with Gasteiger partial charge in [-0.05, 0) is 24.6 Å². The smallest absolute Gasteiger partial charge is 0.272 e. The number of carbonyl (C=O) groups excluding carboxylic acids is 1. The Bertz CT molecular complexity index is 944. The Kier molecular flexibility index (Phi) is 5.60. The van der Waals surface area contributed by atoms with E-state index in [1.165, 1.54) is 30.0 Å². The molecule has 1 heterocycles. The maximum atomic E-state index is 13.0. The largest absolute Gasteiger partial charge is 0.303 e. The molecule has 1 aliphatic heterocycles. The Hall–Kier alpha value is -3.07. The highest BCUT2D eigenvalue weighted by molar-refractivity contribution is 8.15. The summed E-state index contributed by atoms with van der Waals surface area (Å²) in [4.78, 5) is 22.8. The number of nitro benzene ring substituents is 1.